The molecule has 0 spiro atoms. The minimum atomic E-state index is -0.205. The highest BCUT2D eigenvalue weighted by Crippen LogP contribution is 2.25. The van der Waals surface area contributed by atoms with Gasteiger partial charge in [-0.1, -0.05) is 18.2 Å². The summed E-state index contributed by atoms with van der Waals surface area (Å²) in [4.78, 5) is 8.84. The summed E-state index contributed by atoms with van der Waals surface area (Å²) in [5.74, 6) is 0.736. The van der Waals surface area contributed by atoms with Gasteiger partial charge in [-0.2, -0.15) is 0 Å². The molecule has 0 radical (unpaired) electrons. The maximum Gasteiger partial charge on any atom is 0.129 e. The summed E-state index contributed by atoms with van der Waals surface area (Å²) in [6.45, 7) is 3.92. The van der Waals surface area contributed by atoms with Crippen LogP contribution >= 0.6 is 24.8 Å². The summed E-state index contributed by atoms with van der Waals surface area (Å²) in [5.41, 5.74) is 1.08. The van der Waals surface area contributed by atoms with E-state index in [0.717, 1.165) is 24.5 Å². The van der Waals surface area contributed by atoms with Gasteiger partial charge in [0.2, 0.25) is 0 Å². The van der Waals surface area contributed by atoms with Crippen LogP contribution in [0.15, 0.2) is 48.7 Å². The van der Waals surface area contributed by atoms with E-state index < -0.39 is 0 Å². The Bertz CT molecular complexity index is 550. The normalized spacial score (nSPS) is 11.3. The molecule has 0 amide bonds. The molecule has 0 saturated heterocycles. The van der Waals surface area contributed by atoms with E-state index in [1.54, 1.807) is 6.20 Å². The van der Waals surface area contributed by atoms with Crippen molar-refractivity contribution < 1.29 is 4.39 Å². The molecule has 0 aliphatic heterocycles. The van der Waals surface area contributed by atoms with Gasteiger partial charge in [0.25, 0.3) is 0 Å². The number of hydrogen-bond donors (Lipinski definition) is 0. The second-order valence-corrected chi connectivity index (χ2v) is 5.41. The van der Waals surface area contributed by atoms with Crippen LogP contribution in [0.25, 0.3) is 0 Å². The summed E-state index contributed by atoms with van der Waals surface area (Å²) >= 11 is 0. The molecular formula is C17H24Cl2FN3. The van der Waals surface area contributed by atoms with E-state index in [9.17, 15) is 4.39 Å². The Balaban J connectivity index is 0.00000242. The number of aromatic nitrogens is 1. The molecule has 1 atom stereocenters. The Kier molecular flexibility index (Phi) is 9.80. The van der Waals surface area contributed by atoms with Crippen LogP contribution in [0.5, 0.6) is 0 Å². The van der Waals surface area contributed by atoms with Gasteiger partial charge in [-0.25, -0.2) is 9.37 Å². The van der Waals surface area contributed by atoms with Gasteiger partial charge in [0.1, 0.15) is 11.6 Å². The molecule has 1 aromatic heterocycles. The number of rotatable bonds is 6. The summed E-state index contributed by atoms with van der Waals surface area (Å²) in [6, 6.07) is 12.7. The van der Waals surface area contributed by atoms with Gasteiger partial charge in [0.05, 0.1) is 6.04 Å². The third-order valence-corrected chi connectivity index (χ3v) is 3.55. The van der Waals surface area contributed by atoms with Crippen molar-refractivity contribution in [1.29, 1.82) is 0 Å². The topological polar surface area (TPSA) is 19.4 Å². The lowest BCUT2D eigenvalue weighted by atomic mass is 10.1. The molecule has 1 unspecified atom stereocenters. The van der Waals surface area contributed by atoms with Crippen molar-refractivity contribution in [1.82, 2.24) is 9.88 Å². The number of likely N-dealkylation sites (N-methyl/N-ethyl adjacent to an activating group) is 1. The van der Waals surface area contributed by atoms with Gasteiger partial charge in [0, 0.05) is 19.3 Å². The molecule has 2 aromatic rings. The number of halogens is 3. The molecule has 128 valence electrons. The lowest BCUT2D eigenvalue weighted by Gasteiger charge is -2.31. The third kappa shape index (κ3) is 6.34. The predicted molar refractivity (Wildman–Crippen MR) is 99.4 cm³/mol. The Morgan fingerprint density at radius 3 is 2.17 bits per heavy atom. The van der Waals surface area contributed by atoms with E-state index in [4.69, 9.17) is 0 Å². The van der Waals surface area contributed by atoms with Crippen LogP contribution in [0.4, 0.5) is 10.2 Å². The van der Waals surface area contributed by atoms with Gasteiger partial charge in [-0.15, -0.1) is 24.8 Å². The van der Waals surface area contributed by atoms with Crippen molar-refractivity contribution in [3.63, 3.8) is 0 Å². The van der Waals surface area contributed by atoms with Crippen molar-refractivity contribution in [3.8, 4) is 0 Å². The zero-order valence-corrected chi connectivity index (χ0v) is 15.3. The Hall–Kier alpha value is -1.36. The van der Waals surface area contributed by atoms with E-state index in [-0.39, 0.29) is 36.7 Å². The number of nitrogens with zero attached hydrogens (tertiary/aromatic N) is 3. The van der Waals surface area contributed by atoms with Crippen LogP contribution in [-0.4, -0.2) is 37.1 Å². The maximum atomic E-state index is 13.1. The molecule has 0 N–H and O–H groups in total. The molecular weight excluding hydrogens is 336 g/mol. The molecule has 1 aromatic carbocycles. The zero-order chi connectivity index (χ0) is 15.2. The number of pyridine rings is 1. The smallest absolute Gasteiger partial charge is 0.129 e. The van der Waals surface area contributed by atoms with Crippen LogP contribution < -0.4 is 4.90 Å². The zero-order valence-electron chi connectivity index (χ0n) is 13.6. The average molecular weight is 360 g/mol. The Morgan fingerprint density at radius 1 is 1.00 bits per heavy atom. The lowest BCUT2D eigenvalue weighted by molar-refractivity contribution is 0.406. The van der Waals surface area contributed by atoms with Gasteiger partial charge in [-0.05, 0) is 50.8 Å². The number of benzene rings is 1. The van der Waals surface area contributed by atoms with E-state index in [2.05, 4.69) is 35.8 Å². The minimum absolute atomic E-state index is 0. The van der Waals surface area contributed by atoms with E-state index in [1.165, 1.54) is 12.1 Å². The second kappa shape index (κ2) is 10.4. The molecule has 0 bridgehead atoms. The fourth-order valence-corrected chi connectivity index (χ4v) is 2.26. The third-order valence-electron chi connectivity index (χ3n) is 3.55. The van der Waals surface area contributed by atoms with Gasteiger partial charge in [-0.3, -0.25) is 0 Å². The molecule has 23 heavy (non-hydrogen) atoms. The molecule has 0 aliphatic carbocycles. The van der Waals surface area contributed by atoms with Crippen molar-refractivity contribution in [2.24, 2.45) is 0 Å². The second-order valence-electron chi connectivity index (χ2n) is 5.41. The minimum Gasteiger partial charge on any atom is -0.349 e. The van der Waals surface area contributed by atoms with Crippen molar-refractivity contribution in [3.05, 3.63) is 60.0 Å². The SMILES string of the molecule is CC(c1ccc(F)cc1)N(CCN(C)C)c1ccccn1.Cl.Cl. The standard InChI is InChI=1S/C17H22FN3.2ClH/c1-14(15-7-9-16(18)10-8-15)21(13-12-20(2)3)17-6-4-5-11-19-17;;/h4-11,14H,12-13H2,1-3H3;2*1H. The monoisotopic (exact) mass is 359 g/mol. The molecule has 0 saturated carbocycles. The van der Waals surface area contributed by atoms with Crippen molar-refractivity contribution in [2.75, 3.05) is 32.1 Å². The highest BCUT2D eigenvalue weighted by molar-refractivity contribution is 5.85. The van der Waals surface area contributed by atoms with Gasteiger partial charge < -0.3 is 9.80 Å². The Labute approximate surface area is 150 Å². The highest BCUT2D eigenvalue weighted by atomic mass is 35.5. The number of hydrogen-bond acceptors (Lipinski definition) is 3. The number of anilines is 1. The van der Waals surface area contributed by atoms with Crippen molar-refractivity contribution >= 4 is 30.6 Å². The first-order chi connectivity index (χ1) is 10.1. The Morgan fingerprint density at radius 2 is 1.65 bits per heavy atom. The molecule has 0 aliphatic rings. The summed E-state index contributed by atoms with van der Waals surface area (Å²) in [6.07, 6.45) is 1.80. The molecule has 2 rings (SSSR count). The summed E-state index contributed by atoms with van der Waals surface area (Å²) < 4.78 is 13.1. The first-order valence-electron chi connectivity index (χ1n) is 7.16. The highest BCUT2D eigenvalue weighted by Gasteiger charge is 2.17. The fraction of sp³-hybridized carbons (Fsp3) is 0.353. The fourth-order valence-electron chi connectivity index (χ4n) is 2.26. The van der Waals surface area contributed by atoms with Gasteiger partial charge in [0.15, 0.2) is 0 Å². The van der Waals surface area contributed by atoms with Crippen LogP contribution in [-0.2, 0) is 0 Å². The largest absolute Gasteiger partial charge is 0.349 e. The lowest BCUT2D eigenvalue weighted by Crippen LogP contribution is -2.34. The molecule has 1 heterocycles. The van der Waals surface area contributed by atoms with Crippen molar-refractivity contribution in [2.45, 2.75) is 13.0 Å². The van der Waals surface area contributed by atoms with Gasteiger partial charge >= 0.3 is 0 Å². The quantitative estimate of drug-likeness (QED) is 0.770. The summed E-state index contributed by atoms with van der Waals surface area (Å²) in [5, 5.41) is 0. The first-order valence-corrected chi connectivity index (χ1v) is 7.16. The maximum absolute atomic E-state index is 13.1. The molecule has 6 heteroatoms. The molecule has 3 nitrogen and oxygen atoms in total. The van der Waals surface area contributed by atoms with Crippen LogP contribution in [0.1, 0.15) is 18.5 Å². The first kappa shape index (κ1) is 21.6. The van der Waals surface area contributed by atoms with E-state index in [1.807, 2.05) is 30.3 Å². The van der Waals surface area contributed by atoms with Crippen LogP contribution in [0.2, 0.25) is 0 Å². The van der Waals surface area contributed by atoms with Crippen LogP contribution in [0, 0.1) is 5.82 Å². The molecule has 0 fully saturated rings. The van der Waals surface area contributed by atoms with E-state index >= 15 is 0 Å². The predicted octanol–water partition coefficient (Wildman–Crippen LogP) is 4.19. The average Bonchev–Trinajstić information content (AvgIpc) is 2.49. The summed E-state index contributed by atoms with van der Waals surface area (Å²) in [7, 11) is 4.11. The van der Waals surface area contributed by atoms with Crippen LogP contribution in [0.3, 0.4) is 0 Å². The van der Waals surface area contributed by atoms with E-state index in [0.29, 0.717) is 0 Å².